The maximum atomic E-state index is 12.2. The van der Waals surface area contributed by atoms with Crippen LogP contribution in [-0.2, 0) is 9.59 Å². The summed E-state index contributed by atoms with van der Waals surface area (Å²) in [6.07, 6.45) is 0.616. The molecule has 5 heteroatoms. The minimum absolute atomic E-state index is 0.0556. The van der Waals surface area contributed by atoms with Crippen LogP contribution in [0, 0.1) is 0 Å². The smallest absolute Gasteiger partial charge is 0.407 e. The van der Waals surface area contributed by atoms with Crippen molar-refractivity contribution in [1.29, 1.82) is 0 Å². The third-order valence-corrected chi connectivity index (χ3v) is 4.04. The van der Waals surface area contributed by atoms with E-state index >= 15 is 0 Å². The number of carbonyl (C=O) groups excluding carboxylic acids is 2. The summed E-state index contributed by atoms with van der Waals surface area (Å²) in [5, 5.41) is 0. The molecule has 21 heavy (non-hydrogen) atoms. The average Bonchev–Trinajstić information content (AvgIpc) is 2.74. The van der Waals surface area contributed by atoms with Gasteiger partial charge in [0.05, 0.1) is 18.0 Å². The van der Waals surface area contributed by atoms with E-state index in [0.717, 1.165) is 5.56 Å². The molecule has 0 saturated heterocycles. The average molecular weight is 287 g/mol. The van der Waals surface area contributed by atoms with Gasteiger partial charge in [-0.05, 0) is 24.0 Å². The Morgan fingerprint density at radius 2 is 2.00 bits per heavy atom. The number of aromatic nitrogens is 1. The Morgan fingerprint density at radius 1 is 1.24 bits per heavy atom. The van der Waals surface area contributed by atoms with E-state index in [9.17, 15) is 14.4 Å². The van der Waals surface area contributed by atoms with Crippen molar-refractivity contribution >= 4 is 22.7 Å². The monoisotopic (exact) mass is 287 g/mol. The number of oxazole rings is 1. The van der Waals surface area contributed by atoms with Gasteiger partial charge in [0.2, 0.25) is 0 Å². The van der Waals surface area contributed by atoms with Gasteiger partial charge in [-0.3, -0.25) is 14.2 Å². The number of Topliss-reactive ketones (excluding diaryl/α,β-unsaturated/α-hetero) is 2. The Labute approximate surface area is 121 Å². The van der Waals surface area contributed by atoms with Crippen LogP contribution in [0.15, 0.2) is 27.4 Å². The van der Waals surface area contributed by atoms with E-state index in [1.807, 2.05) is 26.0 Å². The predicted octanol–water partition coefficient (Wildman–Crippen LogP) is 2.58. The summed E-state index contributed by atoms with van der Waals surface area (Å²) < 4.78 is 6.80. The Bertz CT molecular complexity index is 781. The van der Waals surface area contributed by atoms with Crippen molar-refractivity contribution in [2.45, 2.75) is 45.1 Å². The summed E-state index contributed by atoms with van der Waals surface area (Å²) in [5.74, 6) is -0.562. The zero-order chi connectivity index (χ0) is 15.1. The lowest BCUT2D eigenvalue weighted by molar-refractivity contribution is -0.132. The van der Waals surface area contributed by atoms with Crippen LogP contribution in [0.2, 0.25) is 0 Å². The molecule has 1 unspecified atom stereocenters. The number of para-hydroxylation sites is 1. The molecule has 0 N–H and O–H groups in total. The molecule has 1 aliphatic rings. The van der Waals surface area contributed by atoms with Crippen LogP contribution >= 0.6 is 0 Å². The zero-order valence-electron chi connectivity index (χ0n) is 12.1. The summed E-state index contributed by atoms with van der Waals surface area (Å²) in [5.41, 5.74) is 2.13. The van der Waals surface area contributed by atoms with Gasteiger partial charge in [-0.1, -0.05) is 26.0 Å². The van der Waals surface area contributed by atoms with Gasteiger partial charge in [0.15, 0.2) is 11.4 Å². The molecule has 1 aliphatic carbocycles. The fourth-order valence-electron chi connectivity index (χ4n) is 2.96. The minimum atomic E-state index is -0.584. The maximum absolute atomic E-state index is 12.2. The molecular formula is C16H17NO4. The maximum Gasteiger partial charge on any atom is 0.420 e. The number of ketones is 2. The van der Waals surface area contributed by atoms with Crippen LogP contribution in [-0.4, -0.2) is 16.1 Å². The lowest BCUT2D eigenvalue weighted by atomic mass is 9.92. The Hall–Kier alpha value is -2.17. The van der Waals surface area contributed by atoms with Crippen LogP contribution in [0.25, 0.3) is 11.1 Å². The van der Waals surface area contributed by atoms with Gasteiger partial charge in [0, 0.05) is 6.42 Å². The number of rotatable bonds is 2. The quantitative estimate of drug-likeness (QED) is 0.796. The Kier molecular flexibility index (Phi) is 3.27. The van der Waals surface area contributed by atoms with Crippen molar-refractivity contribution in [3.05, 3.63) is 34.3 Å². The van der Waals surface area contributed by atoms with Crippen molar-refractivity contribution in [3.63, 3.8) is 0 Å². The van der Waals surface area contributed by atoms with Crippen molar-refractivity contribution in [2.75, 3.05) is 0 Å². The van der Waals surface area contributed by atoms with Crippen LogP contribution < -0.4 is 5.76 Å². The van der Waals surface area contributed by atoms with Gasteiger partial charge in [0.1, 0.15) is 5.78 Å². The zero-order valence-corrected chi connectivity index (χ0v) is 12.1. The summed E-state index contributed by atoms with van der Waals surface area (Å²) in [7, 11) is 0. The van der Waals surface area contributed by atoms with Crippen molar-refractivity contribution < 1.29 is 14.0 Å². The van der Waals surface area contributed by atoms with Gasteiger partial charge in [-0.15, -0.1) is 0 Å². The number of benzene rings is 1. The number of fused-ring (bicyclic) bond motifs is 1. The molecule has 0 bridgehead atoms. The summed E-state index contributed by atoms with van der Waals surface area (Å²) in [6, 6.07) is 4.99. The highest BCUT2D eigenvalue weighted by molar-refractivity contribution is 6.03. The van der Waals surface area contributed by atoms with Gasteiger partial charge in [0.25, 0.3) is 0 Å². The molecule has 1 aromatic carbocycles. The molecule has 2 aromatic rings. The van der Waals surface area contributed by atoms with Crippen molar-refractivity contribution in [3.8, 4) is 0 Å². The van der Waals surface area contributed by atoms with Gasteiger partial charge >= 0.3 is 5.76 Å². The second-order valence-electron chi connectivity index (χ2n) is 5.82. The topological polar surface area (TPSA) is 69.3 Å². The first kappa shape index (κ1) is 13.8. The third-order valence-electron chi connectivity index (χ3n) is 4.04. The standard InChI is InChI=1S/C16H17NO4/c1-9(2)11-4-3-5-13-15(11)21-16(20)17(13)12-7-6-10(18)8-14(12)19/h3-5,9,12H,6-8H2,1-2H3. The van der Waals surface area contributed by atoms with Crippen LogP contribution in [0.3, 0.4) is 0 Å². The van der Waals surface area contributed by atoms with E-state index in [0.29, 0.717) is 23.9 Å². The fourth-order valence-corrected chi connectivity index (χ4v) is 2.96. The normalized spacial score (nSPS) is 19.7. The molecule has 110 valence electrons. The summed E-state index contributed by atoms with van der Waals surface area (Å²) >= 11 is 0. The van der Waals surface area contributed by atoms with Crippen LogP contribution in [0.1, 0.15) is 50.6 Å². The first-order valence-electron chi connectivity index (χ1n) is 7.17. The molecule has 1 atom stereocenters. The first-order valence-corrected chi connectivity index (χ1v) is 7.17. The fraction of sp³-hybridized carbons (Fsp3) is 0.438. The van der Waals surface area contributed by atoms with Crippen LogP contribution in [0.5, 0.6) is 0 Å². The first-order chi connectivity index (χ1) is 9.99. The Balaban J connectivity index is 2.18. The molecule has 1 fully saturated rings. The molecule has 0 aliphatic heterocycles. The SMILES string of the molecule is CC(C)c1cccc2c1oc(=O)n2C1CCC(=O)CC1=O. The van der Waals surface area contributed by atoms with E-state index in [-0.39, 0.29) is 23.9 Å². The predicted molar refractivity (Wildman–Crippen MR) is 77.5 cm³/mol. The highest BCUT2D eigenvalue weighted by Crippen LogP contribution is 2.29. The molecule has 1 saturated carbocycles. The third kappa shape index (κ3) is 2.22. The number of nitrogens with zero attached hydrogens (tertiary/aromatic N) is 1. The number of hydrogen-bond acceptors (Lipinski definition) is 4. The number of hydrogen-bond donors (Lipinski definition) is 0. The van der Waals surface area contributed by atoms with E-state index in [4.69, 9.17) is 4.42 Å². The molecule has 3 rings (SSSR count). The van der Waals surface area contributed by atoms with Gasteiger partial charge < -0.3 is 4.42 Å². The lowest BCUT2D eigenvalue weighted by Crippen LogP contribution is -2.32. The molecule has 0 spiro atoms. The van der Waals surface area contributed by atoms with Gasteiger partial charge in [-0.2, -0.15) is 0 Å². The summed E-state index contributed by atoms with van der Waals surface area (Å²) in [6.45, 7) is 4.05. The number of carbonyl (C=O) groups is 2. The Morgan fingerprint density at radius 3 is 2.67 bits per heavy atom. The molecule has 0 radical (unpaired) electrons. The lowest BCUT2D eigenvalue weighted by Gasteiger charge is -2.20. The molecular weight excluding hydrogens is 270 g/mol. The molecule has 0 amide bonds. The highest BCUT2D eigenvalue weighted by atomic mass is 16.4. The second kappa shape index (κ2) is 4.98. The van der Waals surface area contributed by atoms with Crippen LogP contribution in [0.4, 0.5) is 0 Å². The minimum Gasteiger partial charge on any atom is -0.407 e. The second-order valence-corrected chi connectivity index (χ2v) is 5.82. The van der Waals surface area contributed by atoms with E-state index in [2.05, 4.69) is 0 Å². The largest absolute Gasteiger partial charge is 0.420 e. The molecule has 1 heterocycles. The van der Waals surface area contributed by atoms with E-state index in [1.165, 1.54) is 4.57 Å². The molecule has 1 aromatic heterocycles. The van der Waals surface area contributed by atoms with Crippen molar-refractivity contribution in [2.24, 2.45) is 0 Å². The van der Waals surface area contributed by atoms with Crippen molar-refractivity contribution in [1.82, 2.24) is 4.57 Å². The van der Waals surface area contributed by atoms with E-state index in [1.54, 1.807) is 6.07 Å². The molecule has 5 nitrogen and oxygen atoms in total. The van der Waals surface area contributed by atoms with E-state index < -0.39 is 11.8 Å². The summed E-state index contributed by atoms with van der Waals surface area (Å²) in [4.78, 5) is 35.6. The van der Waals surface area contributed by atoms with Gasteiger partial charge in [-0.25, -0.2) is 4.79 Å². The highest BCUT2D eigenvalue weighted by Gasteiger charge is 2.31.